The van der Waals surface area contributed by atoms with Gasteiger partial charge in [-0.25, -0.2) is 0 Å². The number of benzene rings is 1. The predicted octanol–water partition coefficient (Wildman–Crippen LogP) is 2.77. The normalized spacial score (nSPS) is 18.7. The van der Waals surface area contributed by atoms with Crippen molar-refractivity contribution in [3.05, 3.63) is 39.9 Å². The second kappa shape index (κ2) is 8.89. The second-order valence-corrected chi connectivity index (χ2v) is 7.51. The molecular weight excluding hydrogens is 373 g/mol. The summed E-state index contributed by atoms with van der Waals surface area (Å²) < 4.78 is 0. The lowest BCUT2D eigenvalue weighted by Gasteiger charge is -2.34. The van der Waals surface area contributed by atoms with Gasteiger partial charge in [-0.1, -0.05) is 29.3 Å². The average molecular weight is 396 g/mol. The highest BCUT2D eigenvalue weighted by atomic mass is 35.5. The minimum absolute atomic E-state index is 0.0263. The average Bonchev–Trinajstić information content (AvgIpc) is 3.18. The van der Waals surface area contributed by atoms with Gasteiger partial charge in [0.05, 0.1) is 16.6 Å². The Hall–Kier alpha value is -1.56. The lowest BCUT2D eigenvalue weighted by atomic mass is 10.2. The van der Waals surface area contributed by atoms with Crippen LogP contribution in [0.4, 0.5) is 0 Å². The monoisotopic (exact) mass is 395 g/mol. The van der Waals surface area contributed by atoms with Gasteiger partial charge >= 0.3 is 0 Å². The maximum absolute atomic E-state index is 12.3. The minimum Gasteiger partial charge on any atom is -0.342 e. The lowest BCUT2D eigenvalue weighted by Crippen LogP contribution is -2.51. The fourth-order valence-corrected chi connectivity index (χ4v) is 3.58. The molecular formula is C19H23Cl2N3O2. The third kappa shape index (κ3) is 5.00. The van der Waals surface area contributed by atoms with Crippen molar-refractivity contribution in [2.45, 2.75) is 12.8 Å². The number of halogens is 2. The van der Waals surface area contributed by atoms with Crippen LogP contribution in [0.1, 0.15) is 18.4 Å². The summed E-state index contributed by atoms with van der Waals surface area (Å²) in [6.45, 7) is 4.96. The maximum atomic E-state index is 12.3. The summed E-state index contributed by atoms with van der Waals surface area (Å²) in [6.07, 6.45) is 5.52. The smallest absolute Gasteiger partial charge is 0.246 e. The molecule has 0 N–H and O–H groups in total. The first kappa shape index (κ1) is 19.2. The van der Waals surface area contributed by atoms with Crippen LogP contribution in [0.2, 0.25) is 10.0 Å². The Balaban J connectivity index is 1.46. The molecule has 0 radical (unpaired) electrons. The first-order valence-electron chi connectivity index (χ1n) is 8.95. The molecule has 2 saturated heterocycles. The molecule has 0 bridgehead atoms. The van der Waals surface area contributed by atoms with E-state index >= 15 is 0 Å². The Morgan fingerprint density at radius 3 is 2.27 bits per heavy atom. The number of amides is 2. The van der Waals surface area contributed by atoms with E-state index in [1.54, 1.807) is 24.3 Å². The van der Waals surface area contributed by atoms with Crippen molar-refractivity contribution in [3.8, 4) is 0 Å². The van der Waals surface area contributed by atoms with Crippen LogP contribution in [0, 0.1) is 0 Å². The number of nitrogens with zero attached hydrogens (tertiary/aromatic N) is 3. The SMILES string of the molecule is O=C(/C=C/c1ccc(Cl)c(Cl)c1)N1CCN(CC(=O)N2CCCC2)CC1. The van der Waals surface area contributed by atoms with Gasteiger partial charge in [-0.05, 0) is 36.6 Å². The van der Waals surface area contributed by atoms with Gasteiger partial charge in [-0.2, -0.15) is 0 Å². The molecule has 1 aromatic carbocycles. The van der Waals surface area contributed by atoms with Crippen molar-refractivity contribution in [2.75, 3.05) is 45.8 Å². The van der Waals surface area contributed by atoms with Gasteiger partial charge in [0.1, 0.15) is 0 Å². The molecule has 0 aromatic heterocycles. The van der Waals surface area contributed by atoms with Gasteiger partial charge in [0.15, 0.2) is 0 Å². The van der Waals surface area contributed by atoms with Gasteiger partial charge in [0.2, 0.25) is 11.8 Å². The number of carbonyl (C=O) groups is 2. The molecule has 2 fully saturated rings. The molecule has 3 rings (SSSR count). The summed E-state index contributed by atoms with van der Waals surface area (Å²) in [5.41, 5.74) is 0.836. The van der Waals surface area contributed by atoms with E-state index in [4.69, 9.17) is 23.2 Å². The highest BCUT2D eigenvalue weighted by molar-refractivity contribution is 6.42. The topological polar surface area (TPSA) is 43.9 Å². The van der Waals surface area contributed by atoms with Crippen molar-refractivity contribution in [2.24, 2.45) is 0 Å². The second-order valence-electron chi connectivity index (χ2n) is 6.70. The van der Waals surface area contributed by atoms with E-state index in [1.165, 1.54) is 0 Å². The molecule has 0 aliphatic carbocycles. The molecule has 7 heteroatoms. The Morgan fingerprint density at radius 2 is 1.62 bits per heavy atom. The third-order valence-corrected chi connectivity index (χ3v) is 5.60. The summed E-state index contributed by atoms with van der Waals surface area (Å²) >= 11 is 11.9. The Kier molecular flexibility index (Phi) is 6.57. The number of carbonyl (C=O) groups excluding carboxylic acids is 2. The minimum atomic E-state index is -0.0263. The number of rotatable bonds is 4. The van der Waals surface area contributed by atoms with Crippen LogP contribution in [0.3, 0.4) is 0 Å². The zero-order valence-electron chi connectivity index (χ0n) is 14.7. The van der Waals surface area contributed by atoms with Crippen LogP contribution in [-0.2, 0) is 9.59 Å². The Bertz CT molecular complexity index is 694. The lowest BCUT2D eigenvalue weighted by molar-refractivity contribution is -0.132. The van der Waals surface area contributed by atoms with Crippen LogP contribution < -0.4 is 0 Å². The van der Waals surface area contributed by atoms with E-state index in [9.17, 15) is 9.59 Å². The molecule has 2 aliphatic heterocycles. The molecule has 26 heavy (non-hydrogen) atoms. The van der Waals surface area contributed by atoms with Gasteiger partial charge in [-0.3, -0.25) is 14.5 Å². The molecule has 140 valence electrons. The Labute approximate surface area is 164 Å². The van der Waals surface area contributed by atoms with Gasteiger partial charge in [0.25, 0.3) is 0 Å². The fourth-order valence-electron chi connectivity index (χ4n) is 3.27. The van der Waals surface area contributed by atoms with Crippen LogP contribution >= 0.6 is 23.2 Å². The van der Waals surface area contributed by atoms with Crippen molar-refractivity contribution >= 4 is 41.1 Å². The first-order chi connectivity index (χ1) is 12.5. The van der Waals surface area contributed by atoms with Gasteiger partial charge < -0.3 is 9.80 Å². The first-order valence-corrected chi connectivity index (χ1v) is 9.71. The quantitative estimate of drug-likeness (QED) is 0.736. The van der Waals surface area contributed by atoms with Gasteiger partial charge in [-0.15, -0.1) is 0 Å². The number of likely N-dealkylation sites (tertiary alicyclic amines) is 1. The van der Waals surface area contributed by atoms with E-state index in [2.05, 4.69) is 4.90 Å². The van der Waals surface area contributed by atoms with E-state index < -0.39 is 0 Å². The fraction of sp³-hybridized carbons (Fsp3) is 0.474. The van der Waals surface area contributed by atoms with E-state index in [0.717, 1.165) is 44.6 Å². The summed E-state index contributed by atoms with van der Waals surface area (Å²) in [6, 6.07) is 5.26. The molecule has 2 heterocycles. The molecule has 2 aliphatic rings. The van der Waals surface area contributed by atoms with Crippen molar-refractivity contribution in [1.29, 1.82) is 0 Å². The molecule has 1 aromatic rings. The summed E-state index contributed by atoms with van der Waals surface area (Å²) in [4.78, 5) is 30.4. The highest BCUT2D eigenvalue weighted by Crippen LogP contribution is 2.23. The highest BCUT2D eigenvalue weighted by Gasteiger charge is 2.24. The van der Waals surface area contributed by atoms with E-state index in [-0.39, 0.29) is 11.8 Å². The molecule has 5 nitrogen and oxygen atoms in total. The van der Waals surface area contributed by atoms with E-state index in [0.29, 0.717) is 29.7 Å². The standard InChI is InChI=1S/C19H23Cl2N3O2/c20-16-5-3-15(13-17(16)21)4-6-18(25)24-11-9-22(10-12-24)14-19(26)23-7-1-2-8-23/h3-6,13H,1-2,7-12,14H2/b6-4+. The number of hydrogen-bond acceptors (Lipinski definition) is 3. The maximum Gasteiger partial charge on any atom is 0.246 e. The van der Waals surface area contributed by atoms with Crippen LogP contribution in [-0.4, -0.2) is 72.3 Å². The molecule has 0 unspecified atom stereocenters. The van der Waals surface area contributed by atoms with Crippen LogP contribution in [0.5, 0.6) is 0 Å². The third-order valence-electron chi connectivity index (χ3n) is 4.86. The summed E-state index contributed by atoms with van der Waals surface area (Å²) in [5, 5.41) is 0.965. The molecule has 0 atom stereocenters. The Morgan fingerprint density at radius 1 is 0.923 bits per heavy atom. The summed E-state index contributed by atoms with van der Waals surface area (Å²) in [5.74, 6) is 0.184. The zero-order valence-corrected chi connectivity index (χ0v) is 16.2. The van der Waals surface area contributed by atoms with Crippen molar-refractivity contribution < 1.29 is 9.59 Å². The van der Waals surface area contributed by atoms with Crippen molar-refractivity contribution in [1.82, 2.24) is 14.7 Å². The summed E-state index contributed by atoms with van der Waals surface area (Å²) in [7, 11) is 0. The zero-order chi connectivity index (χ0) is 18.5. The van der Waals surface area contributed by atoms with Crippen LogP contribution in [0.25, 0.3) is 6.08 Å². The van der Waals surface area contributed by atoms with Gasteiger partial charge in [0, 0.05) is 45.3 Å². The largest absolute Gasteiger partial charge is 0.342 e. The van der Waals surface area contributed by atoms with Crippen LogP contribution in [0.15, 0.2) is 24.3 Å². The molecule has 0 spiro atoms. The predicted molar refractivity (Wildman–Crippen MR) is 104 cm³/mol. The molecule has 2 amide bonds. The molecule has 0 saturated carbocycles. The van der Waals surface area contributed by atoms with Crippen molar-refractivity contribution in [3.63, 3.8) is 0 Å². The van der Waals surface area contributed by atoms with E-state index in [1.807, 2.05) is 15.9 Å². The number of piperazine rings is 1. The number of hydrogen-bond donors (Lipinski definition) is 0.